The molecular weight excluding hydrogens is 266 g/mol. The van der Waals surface area contributed by atoms with Gasteiger partial charge in [0.25, 0.3) is 0 Å². The quantitative estimate of drug-likeness (QED) is 0.787. The van der Waals surface area contributed by atoms with Gasteiger partial charge in [0.15, 0.2) is 0 Å². The fraction of sp³-hybridized carbons (Fsp3) is 0.667. The molecule has 2 heterocycles. The van der Waals surface area contributed by atoms with Crippen LogP contribution in [0.3, 0.4) is 0 Å². The summed E-state index contributed by atoms with van der Waals surface area (Å²) in [5.41, 5.74) is 1.24. The number of aromatic nitrogens is 1. The zero-order chi connectivity index (χ0) is 11.2. The molecule has 90 valence electrons. The molecule has 0 atom stereocenters. The molecule has 1 saturated heterocycles. The third-order valence-electron chi connectivity index (χ3n) is 3.05. The Labute approximate surface area is 106 Å². The largest absolute Gasteiger partial charge is 0.363 e. The first-order valence-corrected chi connectivity index (χ1v) is 6.90. The first-order chi connectivity index (χ1) is 7.84. The van der Waals surface area contributed by atoms with Crippen molar-refractivity contribution in [2.75, 3.05) is 26.2 Å². The van der Waals surface area contributed by atoms with Crippen molar-refractivity contribution in [3.8, 4) is 0 Å². The normalized spacial score (nSPS) is 17.1. The summed E-state index contributed by atoms with van der Waals surface area (Å²) in [5.74, 6) is 0. The summed E-state index contributed by atoms with van der Waals surface area (Å²) in [6, 6.07) is 2.12. The number of rotatable bonds is 6. The van der Waals surface area contributed by atoms with Crippen LogP contribution in [-0.4, -0.2) is 36.1 Å². The van der Waals surface area contributed by atoms with Crippen molar-refractivity contribution >= 4 is 15.9 Å². The standard InChI is InChI=1S/C12H20BrN3/c13-11-8-12(15-9-11)10-14-4-3-7-16-5-1-2-6-16/h8-9,14-15H,1-7,10H2. The molecular formula is C12H20BrN3. The second kappa shape index (κ2) is 6.42. The number of nitrogens with zero attached hydrogens (tertiary/aromatic N) is 1. The number of aromatic amines is 1. The highest BCUT2D eigenvalue weighted by molar-refractivity contribution is 9.10. The molecule has 0 aliphatic carbocycles. The van der Waals surface area contributed by atoms with Crippen LogP contribution in [0.15, 0.2) is 16.7 Å². The Morgan fingerprint density at radius 3 is 2.88 bits per heavy atom. The highest BCUT2D eigenvalue weighted by Crippen LogP contribution is 2.10. The fourth-order valence-corrected chi connectivity index (χ4v) is 2.56. The number of hydrogen-bond donors (Lipinski definition) is 2. The number of hydrogen-bond acceptors (Lipinski definition) is 2. The third-order valence-corrected chi connectivity index (χ3v) is 3.51. The lowest BCUT2D eigenvalue weighted by Gasteiger charge is -2.14. The Kier molecular flexibility index (Phi) is 4.88. The van der Waals surface area contributed by atoms with Crippen molar-refractivity contribution < 1.29 is 0 Å². The predicted octanol–water partition coefficient (Wildman–Crippen LogP) is 2.35. The maximum Gasteiger partial charge on any atom is 0.0357 e. The SMILES string of the molecule is Brc1c[nH]c(CNCCCN2CCCC2)c1. The molecule has 2 rings (SSSR count). The van der Waals surface area contributed by atoms with Gasteiger partial charge < -0.3 is 15.2 Å². The zero-order valence-corrected chi connectivity index (χ0v) is 11.2. The molecule has 0 radical (unpaired) electrons. The van der Waals surface area contributed by atoms with Crippen LogP contribution in [-0.2, 0) is 6.54 Å². The summed E-state index contributed by atoms with van der Waals surface area (Å²) in [6.07, 6.45) is 6.01. The molecule has 1 aliphatic heterocycles. The van der Waals surface area contributed by atoms with E-state index in [2.05, 4.69) is 37.2 Å². The summed E-state index contributed by atoms with van der Waals surface area (Å²) < 4.78 is 1.13. The van der Waals surface area contributed by atoms with Crippen LogP contribution in [0.25, 0.3) is 0 Å². The minimum absolute atomic E-state index is 0.936. The highest BCUT2D eigenvalue weighted by Gasteiger charge is 2.09. The van der Waals surface area contributed by atoms with Gasteiger partial charge >= 0.3 is 0 Å². The van der Waals surface area contributed by atoms with Gasteiger partial charge in [-0.1, -0.05) is 0 Å². The molecule has 0 saturated carbocycles. The van der Waals surface area contributed by atoms with Gasteiger partial charge in [0.05, 0.1) is 0 Å². The third kappa shape index (κ3) is 3.92. The van der Waals surface area contributed by atoms with Crippen molar-refractivity contribution in [1.82, 2.24) is 15.2 Å². The van der Waals surface area contributed by atoms with Crippen LogP contribution in [0.2, 0.25) is 0 Å². The fourth-order valence-electron chi connectivity index (χ4n) is 2.17. The topological polar surface area (TPSA) is 31.1 Å². The molecule has 0 bridgehead atoms. The van der Waals surface area contributed by atoms with Gasteiger partial charge in [-0.3, -0.25) is 0 Å². The molecule has 1 aromatic rings. The minimum Gasteiger partial charge on any atom is -0.363 e. The maximum atomic E-state index is 3.46. The van der Waals surface area contributed by atoms with Gasteiger partial charge in [-0.25, -0.2) is 0 Å². The lowest BCUT2D eigenvalue weighted by atomic mass is 10.3. The van der Waals surface area contributed by atoms with Crippen LogP contribution in [0.5, 0.6) is 0 Å². The van der Waals surface area contributed by atoms with E-state index in [4.69, 9.17) is 0 Å². The van der Waals surface area contributed by atoms with E-state index in [1.807, 2.05) is 6.20 Å². The monoisotopic (exact) mass is 285 g/mol. The van der Waals surface area contributed by atoms with Crippen LogP contribution < -0.4 is 5.32 Å². The Morgan fingerprint density at radius 1 is 1.38 bits per heavy atom. The molecule has 16 heavy (non-hydrogen) atoms. The summed E-state index contributed by atoms with van der Waals surface area (Å²) in [4.78, 5) is 5.78. The van der Waals surface area contributed by atoms with Gasteiger partial charge in [-0.15, -0.1) is 0 Å². The van der Waals surface area contributed by atoms with Gasteiger partial charge in [-0.05, 0) is 67.4 Å². The van der Waals surface area contributed by atoms with Crippen molar-refractivity contribution in [1.29, 1.82) is 0 Å². The number of halogens is 1. The Morgan fingerprint density at radius 2 is 2.19 bits per heavy atom. The number of likely N-dealkylation sites (tertiary alicyclic amines) is 1. The number of nitrogens with one attached hydrogen (secondary N) is 2. The van der Waals surface area contributed by atoms with Gasteiger partial charge in [0, 0.05) is 22.9 Å². The van der Waals surface area contributed by atoms with Gasteiger partial charge in [0.1, 0.15) is 0 Å². The Hall–Kier alpha value is -0.320. The molecule has 1 aliphatic rings. The minimum atomic E-state index is 0.936. The van der Waals surface area contributed by atoms with E-state index in [1.54, 1.807) is 0 Å². The Bertz CT molecular complexity index is 305. The van der Waals surface area contributed by atoms with Crippen molar-refractivity contribution in [3.63, 3.8) is 0 Å². The van der Waals surface area contributed by atoms with Crippen molar-refractivity contribution in [2.24, 2.45) is 0 Å². The molecule has 3 nitrogen and oxygen atoms in total. The highest BCUT2D eigenvalue weighted by atomic mass is 79.9. The molecule has 0 unspecified atom stereocenters. The van der Waals surface area contributed by atoms with E-state index in [0.29, 0.717) is 0 Å². The smallest absolute Gasteiger partial charge is 0.0357 e. The van der Waals surface area contributed by atoms with Crippen LogP contribution in [0.4, 0.5) is 0 Å². The van der Waals surface area contributed by atoms with E-state index in [1.165, 1.54) is 44.6 Å². The summed E-state index contributed by atoms with van der Waals surface area (Å²) in [6.45, 7) is 5.91. The lowest BCUT2D eigenvalue weighted by molar-refractivity contribution is 0.331. The van der Waals surface area contributed by atoms with E-state index in [0.717, 1.165) is 17.6 Å². The predicted molar refractivity (Wildman–Crippen MR) is 70.5 cm³/mol. The molecule has 0 aromatic carbocycles. The Balaban J connectivity index is 1.51. The molecule has 4 heteroatoms. The summed E-state index contributed by atoms with van der Waals surface area (Å²) in [7, 11) is 0. The van der Waals surface area contributed by atoms with Crippen molar-refractivity contribution in [3.05, 3.63) is 22.4 Å². The van der Waals surface area contributed by atoms with Crippen LogP contribution in [0, 0.1) is 0 Å². The van der Waals surface area contributed by atoms with E-state index in [9.17, 15) is 0 Å². The zero-order valence-electron chi connectivity index (χ0n) is 9.64. The second-order valence-electron chi connectivity index (χ2n) is 4.42. The van der Waals surface area contributed by atoms with Crippen molar-refractivity contribution in [2.45, 2.75) is 25.8 Å². The van der Waals surface area contributed by atoms with Gasteiger partial charge in [0.2, 0.25) is 0 Å². The van der Waals surface area contributed by atoms with E-state index in [-0.39, 0.29) is 0 Å². The molecule has 1 fully saturated rings. The summed E-state index contributed by atoms with van der Waals surface area (Å²) in [5, 5.41) is 3.46. The van der Waals surface area contributed by atoms with Crippen LogP contribution >= 0.6 is 15.9 Å². The van der Waals surface area contributed by atoms with Crippen LogP contribution in [0.1, 0.15) is 25.0 Å². The van der Waals surface area contributed by atoms with E-state index < -0.39 is 0 Å². The lowest BCUT2D eigenvalue weighted by Crippen LogP contribution is -2.24. The average molecular weight is 286 g/mol. The molecule has 0 amide bonds. The molecule has 1 aromatic heterocycles. The average Bonchev–Trinajstić information content (AvgIpc) is 2.89. The molecule has 0 spiro atoms. The van der Waals surface area contributed by atoms with E-state index >= 15 is 0 Å². The second-order valence-corrected chi connectivity index (χ2v) is 5.34. The first kappa shape index (κ1) is 12.1. The first-order valence-electron chi connectivity index (χ1n) is 6.10. The number of H-pyrrole nitrogens is 1. The summed E-state index contributed by atoms with van der Waals surface area (Å²) >= 11 is 3.43. The van der Waals surface area contributed by atoms with Gasteiger partial charge in [-0.2, -0.15) is 0 Å². The molecule has 2 N–H and O–H groups in total. The maximum absolute atomic E-state index is 3.46.